The van der Waals surface area contributed by atoms with Crippen molar-refractivity contribution in [2.45, 2.75) is 46.1 Å². The van der Waals surface area contributed by atoms with Gasteiger partial charge in [-0.05, 0) is 81.4 Å². The van der Waals surface area contributed by atoms with Gasteiger partial charge in [-0.1, -0.05) is 29.8 Å². The molecule has 2 N–H and O–H groups in total. The summed E-state index contributed by atoms with van der Waals surface area (Å²) in [5.41, 5.74) is 7.64. The molecule has 0 aromatic heterocycles. The first-order chi connectivity index (χ1) is 15.3. The largest absolute Gasteiger partial charge is 0.374 e. The molecule has 32 heavy (non-hydrogen) atoms. The zero-order valence-electron chi connectivity index (χ0n) is 19.6. The summed E-state index contributed by atoms with van der Waals surface area (Å²) in [5.74, 6) is -1.20. The van der Waals surface area contributed by atoms with Crippen molar-refractivity contribution < 1.29 is 9.59 Å². The summed E-state index contributed by atoms with van der Waals surface area (Å²) in [6, 6.07) is 10.7. The first-order valence-electron chi connectivity index (χ1n) is 11.6. The van der Waals surface area contributed by atoms with Crippen LogP contribution in [0.2, 0.25) is 0 Å². The van der Waals surface area contributed by atoms with Crippen molar-refractivity contribution in [3.63, 3.8) is 0 Å². The highest BCUT2D eigenvalue weighted by Crippen LogP contribution is 2.32. The van der Waals surface area contributed by atoms with E-state index in [0.29, 0.717) is 6.54 Å². The highest BCUT2D eigenvalue weighted by Gasteiger charge is 2.27. The SMILES string of the molecule is Cc1cc(C)c(NC(=O)C(=O)NC[C@H](c2ccc3c(c2)CCN3C)N2CCCC2)c(C)c1. The molecule has 2 aliphatic heterocycles. The second kappa shape index (κ2) is 9.33. The molecule has 0 bridgehead atoms. The quantitative estimate of drug-likeness (QED) is 0.707. The maximum Gasteiger partial charge on any atom is 0.313 e. The van der Waals surface area contributed by atoms with Gasteiger partial charge in [0.2, 0.25) is 0 Å². The van der Waals surface area contributed by atoms with Crippen LogP contribution in [0, 0.1) is 20.8 Å². The molecule has 2 aliphatic rings. The van der Waals surface area contributed by atoms with E-state index in [1.54, 1.807) is 0 Å². The number of anilines is 2. The first kappa shape index (κ1) is 22.3. The van der Waals surface area contributed by atoms with E-state index in [1.165, 1.54) is 29.7 Å². The van der Waals surface area contributed by atoms with Crippen molar-refractivity contribution in [2.75, 3.05) is 43.4 Å². The van der Waals surface area contributed by atoms with Gasteiger partial charge in [0.05, 0.1) is 6.04 Å². The maximum atomic E-state index is 12.7. The Bertz CT molecular complexity index is 1000. The van der Waals surface area contributed by atoms with Crippen LogP contribution in [-0.2, 0) is 16.0 Å². The molecule has 2 aromatic carbocycles. The van der Waals surface area contributed by atoms with E-state index >= 15 is 0 Å². The zero-order chi connectivity index (χ0) is 22.8. The van der Waals surface area contributed by atoms with Gasteiger partial charge < -0.3 is 15.5 Å². The van der Waals surface area contributed by atoms with Gasteiger partial charge in [0.15, 0.2) is 0 Å². The van der Waals surface area contributed by atoms with Gasteiger partial charge in [0.1, 0.15) is 0 Å². The van der Waals surface area contributed by atoms with Crippen LogP contribution in [0.4, 0.5) is 11.4 Å². The predicted octanol–water partition coefficient (Wildman–Crippen LogP) is 3.50. The number of hydrogen-bond donors (Lipinski definition) is 2. The Balaban J connectivity index is 1.45. The molecule has 0 saturated carbocycles. The molecule has 2 aromatic rings. The number of carbonyl (C=O) groups excluding carboxylic acids is 2. The molecule has 0 radical (unpaired) electrons. The number of hydrogen-bond acceptors (Lipinski definition) is 4. The van der Waals surface area contributed by atoms with Gasteiger partial charge in [-0.2, -0.15) is 0 Å². The molecule has 2 amide bonds. The molecule has 0 aliphatic carbocycles. The first-order valence-corrected chi connectivity index (χ1v) is 11.6. The molecule has 2 heterocycles. The van der Waals surface area contributed by atoms with E-state index in [4.69, 9.17) is 0 Å². The highest BCUT2D eigenvalue weighted by molar-refractivity contribution is 6.39. The van der Waals surface area contributed by atoms with Crippen LogP contribution in [-0.4, -0.2) is 49.9 Å². The third-order valence-corrected chi connectivity index (χ3v) is 6.78. The van der Waals surface area contributed by atoms with Gasteiger partial charge in [0.25, 0.3) is 0 Å². The lowest BCUT2D eigenvalue weighted by Gasteiger charge is -2.28. The third-order valence-electron chi connectivity index (χ3n) is 6.78. The minimum absolute atomic E-state index is 0.0771. The topological polar surface area (TPSA) is 64.7 Å². The Kier molecular flexibility index (Phi) is 6.51. The van der Waals surface area contributed by atoms with Gasteiger partial charge in [-0.15, -0.1) is 0 Å². The molecule has 6 heteroatoms. The van der Waals surface area contributed by atoms with Crippen LogP contribution < -0.4 is 15.5 Å². The van der Waals surface area contributed by atoms with Crippen molar-refractivity contribution in [1.29, 1.82) is 0 Å². The molecular weight excluding hydrogens is 400 g/mol. The average Bonchev–Trinajstić information content (AvgIpc) is 3.41. The Morgan fingerprint density at radius 3 is 2.34 bits per heavy atom. The minimum Gasteiger partial charge on any atom is -0.374 e. The molecule has 4 rings (SSSR count). The highest BCUT2D eigenvalue weighted by atomic mass is 16.2. The number of likely N-dealkylation sites (N-methyl/N-ethyl adjacent to an activating group) is 1. The summed E-state index contributed by atoms with van der Waals surface area (Å²) < 4.78 is 0. The fourth-order valence-corrected chi connectivity index (χ4v) is 5.12. The standard InChI is InChI=1S/C26H34N4O2/c1-17-13-18(2)24(19(3)14-17)28-26(32)25(31)27-16-23(30-10-5-6-11-30)20-7-8-22-21(15-20)9-12-29(22)4/h7-8,13-15,23H,5-6,9-12,16H2,1-4H3,(H,27,31)(H,28,32)/t23-/m1/s1. The third kappa shape index (κ3) is 4.65. The molecule has 1 atom stereocenters. The number of rotatable bonds is 5. The number of fused-ring (bicyclic) bond motifs is 1. The summed E-state index contributed by atoms with van der Waals surface area (Å²) in [6.45, 7) is 9.42. The van der Waals surface area contributed by atoms with Gasteiger partial charge in [0, 0.05) is 31.5 Å². The zero-order valence-corrected chi connectivity index (χ0v) is 19.6. The molecular formula is C26H34N4O2. The number of amides is 2. The van der Waals surface area contributed by atoms with Crippen molar-refractivity contribution in [3.8, 4) is 0 Å². The van der Waals surface area contributed by atoms with Crippen LogP contribution in [0.5, 0.6) is 0 Å². The van der Waals surface area contributed by atoms with Crippen molar-refractivity contribution in [2.24, 2.45) is 0 Å². The molecule has 1 fully saturated rings. The number of nitrogens with zero attached hydrogens (tertiary/aromatic N) is 2. The number of aryl methyl sites for hydroxylation is 3. The van der Waals surface area contributed by atoms with Crippen molar-refractivity contribution in [1.82, 2.24) is 10.2 Å². The number of carbonyl (C=O) groups is 2. The fraction of sp³-hybridized carbons (Fsp3) is 0.462. The van der Waals surface area contributed by atoms with E-state index in [2.05, 4.69) is 45.7 Å². The van der Waals surface area contributed by atoms with E-state index in [1.807, 2.05) is 32.9 Å². The van der Waals surface area contributed by atoms with E-state index < -0.39 is 11.8 Å². The van der Waals surface area contributed by atoms with Gasteiger partial charge >= 0.3 is 11.8 Å². The molecule has 1 saturated heterocycles. The monoisotopic (exact) mass is 434 g/mol. The molecule has 0 unspecified atom stereocenters. The Morgan fingerprint density at radius 1 is 0.969 bits per heavy atom. The smallest absolute Gasteiger partial charge is 0.313 e. The van der Waals surface area contributed by atoms with Crippen LogP contribution >= 0.6 is 0 Å². The lowest BCUT2D eigenvalue weighted by molar-refractivity contribution is -0.136. The normalized spacial score (nSPS) is 16.7. The summed E-state index contributed by atoms with van der Waals surface area (Å²) in [7, 11) is 2.12. The Morgan fingerprint density at radius 2 is 1.66 bits per heavy atom. The average molecular weight is 435 g/mol. The fourth-order valence-electron chi connectivity index (χ4n) is 5.12. The van der Waals surface area contributed by atoms with Gasteiger partial charge in [-0.3, -0.25) is 14.5 Å². The number of nitrogens with one attached hydrogen (secondary N) is 2. The summed E-state index contributed by atoms with van der Waals surface area (Å²) >= 11 is 0. The van der Waals surface area contributed by atoms with E-state index in [9.17, 15) is 9.59 Å². The second-order valence-electron chi connectivity index (χ2n) is 9.26. The molecule has 170 valence electrons. The Hall–Kier alpha value is -2.86. The minimum atomic E-state index is -0.615. The van der Waals surface area contributed by atoms with Crippen molar-refractivity contribution in [3.05, 3.63) is 58.1 Å². The second-order valence-corrected chi connectivity index (χ2v) is 9.26. The van der Waals surface area contributed by atoms with Crippen LogP contribution in [0.25, 0.3) is 0 Å². The van der Waals surface area contributed by atoms with E-state index in [0.717, 1.165) is 48.4 Å². The van der Waals surface area contributed by atoms with E-state index in [-0.39, 0.29) is 6.04 Å². The van der Waals surface area contributed by atoms with Gasteiger partial charge in [-0.25, -0.2) is 0 Å². The van der Waals surface area contributed by atoms with Crippen LogP contribution in [0.1, 0.15) is 46.7 Å². The van der Waals surface area contributed by atoms with Crippen LogP contribution in [0.3, 0.4) is 0 Å². The van der Waals surface area contributed by atoms with Crippen molar-refractivity contribution >= 4 is 23.2 Å². The number of benzene rings is 2. The maximum absolute atomic E-state index is 12.7. The Labute approximate surface area is 191 Å². The lowest BCUT2D eigenvalue weighted by atomic mass is 10.0. The van der Waals surface area contributed by atoms with Crippen LogP contribution in [0.15, 0.2) is 30.3 Å². The predicted molar refractivity (Wildman–Crippen MR) is 129 cm³/mol. The number of likely N-dealkylation sites (tertiary alicyclic amines) is 1. The summed E-state index contributed by atoms with van der Waals surface area (Å²) in [5, 5.41) is 5.71. The summed E-state index contributed by atoms with van der Waals surface area (Å²) in [4.78, 5) is 30.0. The lowest BCUT2D eigenvalue weighted by Crippen LogP contribution is -2.41. The molecule has 6 nitrogen and oxygen atoms in total. The summed E-state index contributed by atoms with van der Waals surface area (Å²) in [6.07, 6.45) is 3.39. The molecule has 0 spiro atoms.